The molecule has 1 saturated heterocycles. The number of hydrogen-bond donors (Lipinski definition) is 1. The van der Waals surface area contributed by atoms with Crippen LogP contribution in [0.15, 0.2) is 12.1 Å². The quantitative estimate of drug-likeness (QED) is 0.862. The Morgan fingerprint density at radius 2 is 2.29 bits per heavy atom. The maximum absolute atomic E-state index is 5.68. The van der Waals surface area contributed by atoms with Gasteiger partial charge in [-0.3, -0.25) is 0 Å². The predicted octanol–water partition coefficient (Wildman–Crippen LogP) is 2.06. The van der Waals surface area contributed by atoms with E-state index in [0.717, 1.165) is 24.4 Å². The average Bonchev–Trinajstić information content (AvgIpc) is 2.93. The van der Waals surface area contributed by atoms with Crippen LogP contribution in [0.5, 0.6) is 5.88 Å². The summed E-state index contributed by atoms with van der Waals surface area (Å²) >= 11 is 0. The molecule has 3 heterocycles. The summed E-state index contributed by atoms with van der Waals surface area (Å²) in [6.07, 6.45) is 1.15. The van der Waals surface area contributed by atoms with Crippen molar-refractivity contribution < 1.29 is 9.47 Å². The Hall–Kier alpha value is -1.62. The number of nitrogens with one attached hydrogen (secondary N) is 1. The first-order chi connectivity index (χ1) is 8.28. The van der Waals surface area contributed by atoms with Gasteiger partial charge in [0, 0.05) is 12.7 Å². The molecule has 0 bridgehead atoms. The van der Waals surface area contributed by atoms with Crippen molar-refractivity contribution in [3.8, 4) is 5.88 Å². The van der Waals surface area contributed by atoms with Crippen LogP contribution >= 0.6 is 0 Å². The van der Waals surface area contributed by atoms with E-state index in [9.17, 15) is 0 Å². The standard InChI is InChI=1S/C12H15N3O2/c1-7-5-6-17-10(7)12-13-8-3-4-9(16-2)14-11(8)15-12/h3-4,7,10H,5-6H2,1-2H3,(H,13,14,15). The fourth-order valence-corrected chi connectivity index (χ4v) is 2.19. The number of H-pyrrole nitrogens is 1. The summed E-state index contributed by atoms with van der Waals surface area (Å²) in [7, 11) is 1.60. The number of ether oxygens (including phenoxy) is 2. The Morgan fingerprint density at radius 3 is 3.00 bits per heavy atom. The molecule has 0 spiro atoms. The van der Waals surface area contributed by atoms with Crippen molar-refractivity contribution in [1.29, 1.82) is 0 Å². The fraction of sp³-hybridized carbons (Fsp3) is 0.500. The Bertz CT molecular complexity index is 538. The number of hydrogen-bond acceptors (Lipinski definition) is 4. The van der Waals surface area contributed by atoms with E-state index in [2.05, 4.69) is 21.9 Å². The number of rotatable bonds is 2. The molecule has 0 saturated carbocycles. The van der Waals surface area contributed by atoms with E-state index in [0.29, 0.717) is 17.4 Å². The first kappa shape index (κ1) is 10.5. The SMILES string of the molecule is COc1ccc2[nH]c(C3OCCC3C)nc2n1. The number of nitrogens with zero attached hydrogens (tertiary/aromatic N) is 2. The van der Waals surface area contributed by atoms with Gasteiger partial charge in [0.1, 0.15) is 11.9 Å². The van der Waals surface area contributed by atoms with Gasteiger partial charge in [0.25, 0.3) is 0 Å². The molecule has 90 valence electrons. The first-order valence-electron chi connectivity index (χ1n) is 5.80. The van der Waals surface area contributed by atoms with Crippen molar-refractivity contribution in [2.24, 2.45) is 5.92 Å². The molecule has 0 aliphatic carbocycles. The Morgan fingerprint density at radius 1 is 1.41 bits per heavy atom. The number of imidazole rings is 1. The second kappa shape index (κ2) is 4.00. The molecule has 0 amide bonds. The van der Waals surface area contributed by atoms with Crippen LogP contribution in [-0.4, -0.2) is 28.7 Å². The molecule has 0 radical (unpaired) electrons. The zero-order valence-corrected chi connectivity index (χ0v) is 9.93. The molecule has 0 aromatic carbocycles. The van der Waals surface area contributed by atoms with Crippen LogP contribution in [0.2, 0.25) is 0 Å². The van der Waals surface area contributed by atoms with E-state index in [4.69, 9.17) is 9.47 Å². The van der Waals surface area contributed by atoms with Gasteiger partial charge in [0.2, 0.25) is 5.88 Å². The minimum atomic E-state index is 0.0650. The molecule has 5 heteroatoms. The second-order valence-corrected chi connectivity index (χ2v) is 4.40. The van der Waals surface area contributed by atoms with E-state index >= 15 is 0 Å². The molecular formula is C12H15N3O2. The number of pyridine rings is 1. The predicted molar refractivity (Wildman–Crippen MR) is 62.9 cm³/mol. The summed E-state index contributed by atoms with van der Waals surface area (Å²) in [5, 5.41) is 0. The van der Waals surface area contributed by atoms with Crippen LogP contribution in [0.25, 0.3) is 11.2 Å². The lowest BCUT2D eigenvalue weighted by Gasteiger charge is -2.10. The van der Waals surface area contributed by atoms with E-state index < -0.39 is 0 Å². The number of aromatic amines is 1. The van der Waals surface area contributed by atoms with Crippen LogP contribution < -0.4 is 4.74 Å². The highest BCUT2D eigenvalue weighted by atomic mass is 16.5. The molecule has 1 N–H and O–H groups in total. The van der Waals surface area contributed by atoms with Gasteiger partial charge in [-0.25, -0.2) is 4.98 Å². The maximum Gasteiger partial charge on any atom is 0.215 e. The van der Waals surface area contributed by atoms with Crippen molar-refractivity contribution >= 4 is 11.2 Å². The minimum Gasteiger partial charge on any atom is -0.481 e. The smallest absolute Gasteiger partial charge is 0.215 e. The van der Waals surface area contributed by atoms with Gasteiger partial charge in [-0.2, -0.15) is 4.98 Å². The largest absolute Gasteiger partial charge is 0.481 e. The van der Waals surface area contributed by atoms with Crippen LogP contribution in [0.1, 0.15) is 25.3 Å². The molecule has 2 aromatic rings. The summed E-state index contributed by atoms with van der Waals surface area (Å²) in [5.74, 6) is 1.94. The third-order valence-electron chi connectivity index (χ3n) is 3.20. The van der Waals surface area contributed by atoms with E-state index in [-0.39, 0.29) is 6.10 Å². The lowest BCUT2D eigenvalue weighted by atomic mass is 10.0. The van der Waals surface area contributed by atoms with Crippen molar-refractivity contribution in [3.05, 3.63) is 18.0 Å². The fourth-order valence-electron chi connectivity index (χ4n) is 2.19. The summed E-state index contributed by atoms with van der Waals surface area (Å²) < 4.78 is 10.8. The molecule has 3 rings (SSSR count). The van der Waals surface area contributed by atoms with Crippen LogP contribution in [0.3, 0.4) is 0 Å². The molecule has 2 atom stereocenters. The lowest BCUT2D eigenvalue weighted by Crippen LogP contribution is -2.05. The van der Waals surface area contributed by atoms with Gasteiger partial charge in [0.15, 0.2) is 5.65 Å². The van der Waals surface area contributed by atoms with E-state index in [1.165, 1.54) is 0 Å². The van der Waals surface area contributed by atoms with Crippen LogP contribution in [-0.2, 0) is 4.74 Å². The van der Waals surface area contributed by atoms with Crippen molar-refractivity contribution in [2.75, 3.05) is 13.7 Å². The Balaban J connectivity index is 2.01. The van der Waals surface area contributed by atoms with Gasteiger partial charge < -0.3 is 14.5 Å². The van der Waals surface area contributed by atoms with Crippen molar-refractivity contribution in [2.45, 2.75) is 19.4 Å². The normalized spacial score (nSPS) is 24.4. The van der Waals surface area contributed by atoms with Gasteiger partial charge in [-0.1, -0.05) is 6.92 Å². The summed E-state index contributed by atoms with van der Waals surface area (Å²) in [5.41, 5.74) is 1.60. The second-order valence-electron chi connectivity index (χ2n) is 4.40. The zero-order valence-electron chi connectivity index (χ0n) is 9.93. The topological polar surface area (TPSA) is 60.0 Å². The van der Waals surface area contributed by atoms with E-state index in [1.54, 1.807) is 7.11 Å². The highest BCUT2D eigenvalue weighted by Gasteiger charge is 2.28. The monoisotopic (exact) mass is 233 g/mol. The molecule has 2 aromatic heterocycles. The summed E-state index contributed by atoms with van der Waals surface area (Å²) in [4.78, 5) is 12.0. The van der Waals surface area contributed by atoms with Gasteiger partial charge in [-0.05, 0) is 18.4 Å². The average molecular weight is 233 g/mol. The molecular weight excluding hydrogens is 218 g/mol. The molecule has 1 aliphatic heterocycles. The molecule has 1 fully saturated rings. The molecule has 1 aliphatic rings. The Labute approximate surface area is 99.2 Å². The third-order valence-corrected chi connectivity index (χ3v) is 3.20. The van der Waals surface area contributed by atoms with Crippen LogP contribution in [0.4, 0.5) is 0 Å². The van der Waals surface area contributed by atoms with Crippen molar-refractivity contribution in [1.82, 2.24) is 15.0 Å². The number of methoxy groups -OCH3 is 1. The van der Waals surface area contributed by atoms with Crippen molar-refractivity contribution in [3.63, 3.8) is 0 Å². The van der Waals surface area contributed by atoms with Crippen LogP contribution in [0, 0.1) is 5.92 Å². The van der Waals surface area contributed by atoms with Gasteiger partial charge >= 0.3 is 0 Å². The highest BCUT2D eigenvalue weighted by Crippen LogP contribution is 2.33. The molecule has 2 unspecified atom stereocenters. The molecule has 5 nitrogen and oxygen atoms in total. The highest BCUT2D eigenvalue weighted by molar-refractivity contribution is 5.71. The van der Waals surface area contributed by atoms with E-state index in [1.807, 2.05) is 12.1 Å². The van der Waals surface area contributed by atoms with Gasteiger partial charge in [-0.15, -0.1) is 0 Å². The first-order valence-corrected chi connectivity index (χ1v) is 5.80. The number of fused-ring (bicyclic) bond motifs is 1. The summed E-state index contributed by atoms with van der Waals surface area (Å²) in [6, 6.07) is 3.75. The molecule has 17 heavy (non-hydrogen) atoms. The van der Waals surface area contributed by atoms with Gasteiger partial charge in [0.05, 0.1) is 12.6 Å². The Kier molecular flexibility index (Phi) is 2.48. The number of aromatic nitrogens is 3. The third kappa shape index (κ3) is 1.76. The lowest BCUT2D eigenvalue weighted by molar-refractivity contribution is 0.0882. The summed E-state index contributed by atoms with van der Waals surface area (Å²) in [6.45, 7) is 2.98. The maximum atomic E-state index is 5.68. The minimum absolute atomic E-state index is 0.0650. The zero-order chi connectivity index (χ0) is 11.8.